The zero-order valence-electron chi connectivity index (χ0n) is 17.5. The second-order valence-corrected chi connectivity index (χ2v) is 8.91. The number of ether oxygens (including phenoxy) is 2. The lowest BCUT2D eigenvalue weighted by Gasteiger charge is -2.07. The van der Waals surface area contributed by atoms with E-state index in [0.29, 0.717) is 19.5 Å². The van der Waals surface area contributed by atoms with Gasteiger partial charge in [-0.05, 0) is 43.2 Å². The number of esters is 1. The number of carbonyl (C=O) groups is 2. The normalized spacial score (nSPS) is 10.5. The van der Waals surface area contributed by atoms with Crippen molar-refractivity contribution >= 4 is 39.7 Å². The maximum absolute atomic E-state index is 11.8. The molecule has 2 heterocycles. The van der Waals surface area contributed by atoms with Gasteiger partial charge in [-0.15, -0.1) is 22.7 Å². The first kappa shape index (κ1) is 22.8. The number of benzene rings is 1. The molecule has 164 valence electrons. The van der Waals surface area contributed by atoms with Gasteiger partial charge in [-0.1, -0.05) is 12.1 Å². The SMILES string of the molecule is COc1ccc(CNC(=O)COC(=O)CCCNc2nc(-c3ccc(C)s3)cs2)cc1. The quantitative estimate of drug-likeness (QED) is 0.329. The van der Waals surface area contributed by atoms with Crippen LogP contribution in [0.4, 0.5) is 5.13 Å². The first-order chi connectivity index (χ1) is 15.0. The average molecular weight is 460 g/mol. The lowest BCUT2D eigenvalue weighted by Crippen LogP contribution is -2.28. The number of rotatable bonds is 11. The number of thiazole rings is 1. The van der Waals surface area contributed by atoms with Gasteiger partial charge >= 0.3 is 5.97 Å². The zero-order valence-corrected chi connectivity index (χ0v) is 19.1. The third-order valence-electron chi connectivity index (χ3n) is 4.34. The van der Waals surface area contributed by atoms with Gasteiger partial charge in [-0.3, -0.25) is 9.59 Å². The molecule has 0 aliphatic heterocycles. The van der Waals surface area contributed by atoms with Crippen LogP contribution < -0.4 is 15.4 Å². The molecule has 3 aromatic rings. The van der Waals surface area contributed by atoms with Crippen molar-refractivity contribution in [3.63, 3.8) is 0 Å². The van der Waals surface area contributed by atoms with Crippen LogP contribution in [0, 0.1) is 6.92 Å². The minimum absolute atomic E-state index is 0.237. The van der Waals surface area contributed by atoms with Gasteiger partial charge < -0.3 is 20.1 Å². The molecule has 0 bridgehead atoms. The van der Waals surface area contributed by atoms with Crippen LogP contribution in [0.3, 0.4) is 0 Å². The number of thiophene rings is 1. The van der Waals surface area contributed by atoms with Crippen LogP contribution in [0.5, 0.6) is 5.75 Å². The van der Waals surface area contributed by atoms with Crippen molar-refractivity contribution in [1.82, 2.24) is 10.3 Å². The Labute approximate surface area is 189 Å². The van der Waals surface area contributed by atoms with Gasteiger partial charge in [-0.25, -0.2) is 4.98 Å². The summed E-state index contributed by atoms with van der Waals surface area (Å²) in [5.74, 6) is 0.0306. The van der Waals surface area contributed by atoms with Crippen molar-refractivity contribution in [1.29, 1.82) is 0 Å². The highest BCUT2D eigenvalue weighted by molar-refractivity contribution is 7.16. The molecule has 31 heavy (non-hydrogen) atoms. The van der Waals surface area contributed by atoms with Crippen molar-refractivity contribution in [2.24, 2.45) is 0 Å². The van der Waals surface area contributed by atoms with Crippen LogP contribution in [0.1, 0.15) is 23.3 Å². The highest BCUT2D eigenvalue weighted by atomic mass is 32.1. The number of aryl methyl sites for hydroxylation is 1. The van der Waals surface area contributed by atoms with Crippen LogP contribution in [-0.4, -0.2) is 37.1 Å². The van der Waals surface area contributed by atoms with Crippen LogP contribution in [0.2, 0.25) is 0 Å². The Balaban J connectivity index is 1.28. The summed E-state index contributed by atoms with van der Waals surface area (Å²) in [6, 6.07) is 11.5. The summed E-state index contributed by atoms with van der Waals surface area (Å²) in [6.45, 7) is 2.77. The number of aromatic nitrogens is 1. The average Bonchev–Trinajstić information content (AvgIpc) is 3.43. The molecule has 3 rings (SSSR count). The summed E-state index contributed by atoms with van der Waals surface area (Å²) >= 11 is 3.26. The summed E-state index contributed by atoms with van der Waals surface area (Å²) in [4.78, 5) is 30.7. The van der Waals surface area contributed by atoms with Crippen LogP contribution in [0.15, 0.2) is 41.8 Å². The van der Waals surface area contributed by atoms with E-state index < -0.39 is 5.97 Å². The Morgan fingerprint density at radius 1 is 1.13 bits per heavy atom. The topological polar surface area (TPSA) is 89.5 Å². The Hall–Kier alpha value is -2.91. The van der Waals surface area contributed by atoms with E-state index in [9.17, 15) is 9.59 Å². The van der Waals surface area contributed by atoms with E-state index in [1.165, 1.54) is 4.88 Å². The van der Waals surface area contributed by atoms with E-state index in [-0.39, 0.29) is 18.9 Å². The van der Waals surface area contributed by atoms with E-state index in [1.54, 1.807) is 29.8 Å². The molecule has 9 heteroatoms. The number of hydrogen-bond acceptors (Lipinski definition) is 8. The van der Waals surface area contributed by atoms with E-state index >= 15 is 0 Å². The fourth-order valence-corrected chi connectivity index (χ4v) is 4.32. The molecular weight excluding hydrogens is 434 g/mol. The van der Waals surface area contributed by atoms with Crippen molar-refractivity contribution in [3.05, 3.63) is 52.2 Å². The third-order valence-corrected chi connectivity index (χ3v) is 6.17. The summed E-state index contributed by atoms with van der Waals surface area (Å²) < 4.78 is 10.1. The molecule has 0 atom stereocenters. The predicted molar refractivity (Wildman–Crippen MR) is 124 cm³/mol. The van der Waals surface area contributed by atoms with Crippen LogP contribution in [0.25, 0.3) is 10.6 Å². The first-order valence-corrected chi connectivity index (χ1v) is 11.5. The molecule has 0 fully saturated rings. The monoisotopic (exact) mass is 459 g/mol. The highest BCUT2D eigenvalue weighted by Gasteiger charge is 2.09. The van der Waals surface area contributed by atoms with Gasteiger partial charge in [0, 0.05) is 29.8 Å². The number of carbonyl (C=O) groups excluding carboxylic acids is 2. The molecule has 0 unspecified atom stereocenters. The van der Waals surface area contributed by atoms with Gasteiger partial charge in [0.15, 0.2) is 11.7 Å². The zero-order chi connectivity index (χ0) is 22.1. The predicted octanol–water partition coefficient (Wildman–Crippen LogP) is 4.24. The number of amides is 1. The van der Waals surface area contributed by atoms with Gasteiger partial charge in [-0.2, -0.15) is 0 Å². The number of nitrogens with one attached hydrogen (secondary N) is 2. The van der Waals surface area contributed by atoms with Crippen LogP contribution in [-0.2, 0) is 20.9 Å². The Morgan fingerprint density at radius 2 is 1.94 bits per heavy atom. The minimum atomic E-state index is -0.393. The smallest absolute Gasteiger partial charge is 0.306 e. The van der Waals surface area contributed by atoms with Gasteiger partial charge in [0.05, 0.1) is 17.7 Å². The van der Waals surface area contributed by atoms with Gasteiger partial charge in [0.2, 0.25) is 0 Å². The molecule has 1 aromatic carbocycles. The van der Waals surface area contributed by atoms with Crippen molar-refractivity contribution in [2.45, 2.75) is 26.3 Å². The lowest BCUT2D eigenvalue weighted by atomic mass is 10.2. The third kappa shape index (κ3) is 7.37. The maximum Gasteiger partial charge on any atom is 0.306 e. The van der Waals surface area contributed by atoms with Crippen molar-refractivity contribution in [3.8, 4) is 16.3 Å². The number of nitrogens with zero attached hydrogens (tertiary/aromatic N) is 1. The van der Waals surface area contributed by atoms with Gasteiger partial charge in [0.25, 0.3) is 5.91 Å². The minimum Gasteiger partial charge on any atom is -0.497 e. The molecule has 2 N–H and O–H groups in total. The number of methoxy groups -OCH3 is 1. The molecule has 0 saturated carbocycles. The molecule has 1 amide bonds. The first-order valence-electron chi connectivity index (χ1n) is 9.85. The maximum atomic E-state index is 11.8. The largest absolute Gasteiger partial charge is 0.497 e. The Bertz CT molecular complexity index is 998. The molecule has 0 aliphatic carbocycles. The van der Waals surface area contributed by atoms with Crippen molar-refractivity contribution in [2.75, 3.05) is 25.6 Å². The standard InChI is InChI=1S/C22H25N3O4S2/c1-15-5-10-19(31-15)18-14-30-22(25-18)23-11-3-4-21(27)29-13-20(26)24-12-16-6-8-17(28-2)9-7-16/h5-10,14H,3-4,11-13H2,1-2H3,(H,23,25)(H,24,26). The second kappa shape index (κ2) is 11.5. The highest BCUT2D eigenvalue weighted by Crippen LogP contribution is 2.30. The van der Waals surface area contributed by atoms with Gasteiger partial charge in [0.1, 0.15) is 5.75 Å². The van der Waals surface area contributed by atoms with Crippen LogP contribution >= 0.6 is 22.7 Å². The van der Waals surface area contributed by atoms with E-state index in [0.717, 1.165) is 27.0 Å². The van der Waals surface area contributed by atoms with Crippen molar-refractivity contribution < 1.29 is 19.1 Å². The number of anilines is 1. The van der Waals surface area contributed by atoms with E-state index in [4.69, 9.17) is 9.47 Å². The fourth-order valence-electron chi connectivity index (χ4n) is 2.68. The fraction of sp³-hybridized carbons (Fsp3) is 0.318. The second-order valence-electron chi connectivity index (χ2n) is 6.76. The molecule has 0 saturated heterocycles. The summed E-state index contributed by atoms with van der Waals surface area (Å²) in [5.41, 5.74) is 1.90. The Morgan fingerprint density at radius 3 is 2.65 bits per heavy atom. The molecule has 0 radical (unpaired) electrons. The summed E-state index contributed by atoms with van der Waals surface area (Å²) in [7, 11) is 1.60. The molecule has 7 nitrogen and oxygen atoms in total. The molecule has 2 aromatic heterocycles. The summed E-state index contributed by atoms with van der Waals surface area (Å²) in [5, 5.41) is 8.79. The lowest BCUT2D eigenvalue weighted by molar-refractivity contribution is -0.148. The molecule has 0 aliphatic rings. The number of hydrogen-bond donors (Lipinski definition) is 2. The van der Waals surface area contributed by atoms with E-state index in [2.05, 4.69) is 34.7 Å². The van der Waals surface area contributed by atoms with E-state index in [1.807, 2.05) is 29.6 Å². The Kier molecular flexibility index (Phi) is 8.43. The molecular formula is C22H25N3O4S2. The summed E-state index contributed by atoms with van der Waals surface area (Å²) in [6.07, 6.45) is 0.834. The molecule has 0 spiro atoms.